The van der Waals surface area contributed by atoms with Crippen molar-refractivity contribution in [2.24, 2.45) is 5.92 Å². The molecule has 32 heavy (non-hydrogen) atoms. The number of hydrogen-bond donors (Lipinski definition) is 0. The molecule has 0 amide bonds. The fourth-order valence-electron chi connectivity index (χ4n) is 5.59. The van der Waals surface area contributed by atoms with E-state index in [-0.39, 0.29) is 0 Å². The van der Waals surface area contributed by atoms with E-state index in [1.165, 1.54) is 63.0 Å². The third-order valence-corrected chi connectivity index (χ3v) is 7.28. The zero-order valence-corrected chi connectivity index (χ0v) is 19.1. The van der Waals surface area contributed by atoms with Crippen molar-refractivity contribution in [1.82, 2.24) is 9.97 Å². The van der Waals surface area contributed by atoms with Gasteiger partial charge in [-0.25, -0.2) is 18.7 Å². The Hall–Kier alpha value is -2.62. The van der Waals surface area contributed by atoms with Crippen molar-refractivity contribution >= 4 is 0 Å². The summed E-state index contributed by atoms with van der Waals surface area (Å²) < 4.78 is 26.7. The Balaban J connectivity index is 1.59. The van der Waals surface area contributed by atoms with Gasteiger partial charge in [-0.2, -0.15) is 0 Å². The maximum Gasteiger partial charge on any atom is 0.159 e. The van der Waals surface area contributed by atoms with Gasteiger partial charge in [0.1, 0.15) is 0 Å². The zero-order valence-electron chi connectivity index (χ0n) is 19.1. The van der Waals surface area contributed by atoms with Gasteiger partial charge in [0.25, 0.3) is 0 Å². The van der Waals surface area contributed by atoms with Crippen molar-refractivity contribution in [1.29, 1.82) is 0 Å². The van der Waals surface area contributed by atoms with Crippen LogP contribution in [-0.4, -0.2) is 9.97 Å². The van der Waals surface area contributed by atoms with E-state index in [4.69, 9.17) is 0 Å². The van der Waals surface area contributed by atoms with E-state index in [9.17, 15) is 8.78 Å². The van der Waals surface area contributed by atoms with Crippen LogP contribution in [0.2, 0.25) is 0 Å². The molecule has 4 rings (SSSR count). The first-order valence-electron chi connectivity index (χ1n) is 12.0. The molecule has 0 aliphatic heterocycles. The average Bonchev–Trinajstić information content (AvgIpc) is 2.85. The van der Waals surface area contributed by atoms with Crippen LogP contribution >= 0.6 is 0 Å². The van der Waals surface area contributed by atoms with Crippen LogP contribution in [0.1, 0.15) is 70.8 Å². The van der Waals surface area contributed by atoms with Gasteiger partial charge in [0.05, 0.1) is 0 Å². The second-order valence-corrected chi connectivity index (χ2v) is 9.11. The highest BCUT2D eigenvalue weighted by atomic mass is 19.2. The minimum Gasteiger partial charge on any atom is -0.236 e. The maximum absolute atomic E-state index is 13.5. The number of halogens is 2. The predicted molar refractivity (Wildman–Crippen MR) is 126 cm³/mol. The Bertz CT molecular complexity index is 1020. The number of benzene rings is 2. The van der Waals surface area contributed by atoms with Gasteiger partial charge in [0.2, 0.25) is 0 Å². The third kappa shape index (κ3) is 4.46. The number of rotatable bonds is 7. The minimum atomic E-state index is -0.893. The number of aromatic nitrogens is 2. The molecule has 168 valence electrons. The minimum absolute atomic E-state index is 0.300. The van der Waals surface area contributed by atoms with Crippen LogP contribution < -0.4 is 0 Å². The molecule has 1 unspecified atom stereocenters. The van der Waals surface area contributed by atoms with E-state index in [1.807, 2.05) is 0 Å². The van der Waals surface area contributed by atoms with E-state index >= 15 is 0 Å². The Morgan fingerprint density at radius 1 is 0.812 bits per heavy atom. The van der Waals surface area contributed by atoms with Crippen LogP contribution in [0.4, 0.5) is 8.78 Å². The van der Waals surface area contributed by atoms with Gasteiger partial charge in [-0.05, 0) is 59.9 Å². The Morgan fingerprint density at radius 2 is 1.47 bits per heavy atom. The van der Waals surface area contributed by atoms with E-state index < -0.39 is 11.6 Å². The van der Waals surface area contributed by atoms with Gasteiger partial charge >= 0.3 is 0 Å². The molecule has 4 heteroatoms. The number of nitrogens with zero attached hydrogens (tertiary/aromatic N) is 2. The fraction of sp³-hybridized carbons (Fsp3) is 0.429. The van der Waals surface area contributed by atoms with Crippen molar-refractivity contribution in [3.05, 3.63) is 72.1 Å². The van der Waals surface area contributed by atoms with Gasteiger partial charge < -0.3 is 0 Å². The summed E-state index contributed by atoms with van der Waals surface area (Å²) >= 11 is 0. The summed E-state index contributed by atoms with van der Waals surface area (Å²) in [5, 5.41) is 0. The monoisotopic (exact) mass is 434 g/mol. The van der Waals surface area contributed by atoms with Gasteiger partial charge in [-0.3, -0.25) is 0 Å². The number of hydrogen-bond acceptors (Lipinski definition) is 2. The van der Waals surface area contributed by atoms with Crippen LogP contribution in [0.5, 0.6) is 0 Å². The summed E-state index contributed by atoms with van der Waals surface area (Å²) in [7, 11) is 0. The smallest absolute Gasteiger partial charge is 0.159 e. The fourth-order valence-corrected chi connectivity index (χ4v) is 5.59. The van der Waals surface area contributed by atoms with E-state index in [0.717, 1.165) is 29.2 Å². The molecule has 2 aromatic carbocycles. The van der Waals surface area contributed by atoms with Crippen molar-refractivity contribution in [3.63, 3.8) is 0 Å². The van der Waals surface area contributed by atoms with Crippen LogP contribution in [0.3, 0.4) is 0 Å². The first kappa shape index (κ1) is 22.6. The molecule has 1 aromatic heterocycles. The Kier molecular flexibility index (Phi) is 6.98. The zero-order chi connectivity index (χ0) is 22.6. The first-order valence-corrected chi connectivity index (χ1v) is 12.0. The largest absolute Gasteiger partial charge is 0.236 e. The molecule has 0 bridgehead atoms. The molecule has 3 aromatic rings. The van der Waals surface area contributed by atoms with Gasteiger partial charge in [-0.1, -0.05) is 70.2 Å². The summed E-state index contributed by atoms with van der Waals surface area (Å²) in [6, 6.07) is 12.7. The van der Waals surface area contributed by atoms with Crippen LogP contribution in [0, 0.1) is 17.6 Å². The van der Waals surface area contributed by atoms with E-state index in [0.29, 0.717) is 16.8 Å². The summed E-state index contributed by atoms with van der Waals surface area (Å²) in [4.78, 5) is 8.78. The van der Waals surface area contributed by atoms with Gasteiger partial charge in [-0.15, -0.1) is 0 Å². The Morgan fingerprint density at radius 3 is 2.06 bits per heavy atom. The third-order valence-electron chi connectivity index (χ3n) is 7.28. The van der Waals surface area contributed by atoms with Crippen LogP contribution in [-0.2, 0) is 5.41 Å². The molecular formula is C28H32F2N2. The highest BCUT2D eigenvalue weighted by Gasteiger charge is 2.39. The molecule has 1 atom stereocenters. The molecule has 1 aliphatic rings. The summed E-state index contributed by atoms with van der Waals surface area (Å²) in [6.45, 7) is 4.64. The molecule has 1 heterocycles. The standard InChI is InChI=1S/C28H32F2N2/c1-3-8-23(4-2)28(15-6-5-7-16-28)24-12-9-20(10-13-24)22-18-31-27(32-19-22)21-11-14-25(29)26(30)17-21/h9-14,17-19,23H,3-8,15-16H2,1-2H3. The molecular weight excluding hydrogens is 402 g/mol. The lowest BCUT2D eigenvalue weighted by Crippen LogP contribution is -2.37. The highest BCUT2D eigenvalue weighted by Crippen LogP contribution is 2.48. The molecule has 0 spiro atoms. The van der Waals surface area contributed by atoms with Crippen molar-refractivity contribution in [2.45, 2.75) is 70.6 Å². The SMILES string of the molecule is CCCC(CC)C1(c2ccc(-c3cnc(-c4ccc(F)c(F)c4)nc3)cc2)CCCCC1. The van der Waals surface area contributed by atoms with E-state index in [1.54, 1.807) is 12.4 Å². The summed E-state index contributed by atoms with van der Waals surface area (Å²) in [6.07, 6.45) is 13.8. The maximum atomic E-state index is 13.5. The van der Waals surface area contributed by atoms with E-state index in [2.05, 4.69) is 48.1 Å². The normalized spacial score (nSPS) is 16.6. The Labute approximate surface area is 190 Å². The lowest BCUT2D eigenvalue weighted by molar-refractivity contribution is 0.173. The topological polar surface area (TPSA) is 25.8 Å². The lowest BCUT2D eigenvalue weighted by atomic mass is 9.60. The lowest BCUT2D eigenvalue weighted by Gasteiger charge is -2.44. The molecule has 1 aliphatic carbocycles. The van der Waals surface area contributed by atoms with Crippen molar-refractivity contribution in [2.75, 3.05) is 0 Å². The summed E-state index contributed by atoms with van der Waals surface area (Å²) in [5.41, 5.74) is 4.22. The molecule has 0 radical (unpaired) electrons. The molecule has 1 fully saturated rings. The van der Waals surface area contributed by atoms with Gasteiger partial charge in [0.15, 0.2) is 17.5 Å². The second kappa shape index (κ2) is 9.89. The van der Waals surface area contributed by atoms with Crippen LogP contribution in [0.15, 0.2) is 54.9 Å². The first-order chi connectivity index (χ1) is 15.6. The highest BCUT2D eigenvalue weighted by molar-refractivity contribution is 5.64. The molecule has 2 nitrogen and oxygen atoms in total. The molecule has 0 saturated heterocycles. The van der Waals surface area contributed by atoms with Gasteiger partial charge in [0, 0.05) is 23.5 Å². The second-order valence-electron chi connectivity index (χ2n) is 9.11. The van der Waals surface area contributed by atoms with Crippen molar-refractivity contribution < 1.29 is 8.78 Å². The molecule has 0 N–H and O–H groups in total. The van der Waals surface area contributed by atoms with Crippen molar-refractivity contribution in [3.8, 4) is 22.5 Å². The quantitative estimate of drug-likeness (QED) is 0.375. The molecule has 1 saturated carbocycles. The predicted octanol–water partition coefficient (Wildman–Crippen LogP) is 8.12. The summed E-state index contributed by atoms with van der Waals surface area (Å²) in [5.74, 6) is -0.644. The van der Waals surface area contributed by atoms with Crippen LogP contribution in [0.25, 0.3) is 22.5 Å². The average molecular weight is 435 g/mol.